The molecule has 0 spiro atoms. The van der Waals surface area contributed by atoms with Crippen LogP contribution in [0.15, 0.2) is 66.7 Å². The Bertz CT molecular complexity index is 1190. The number of methoxy groups -OCH3 is 2. The van der Waals surface area contributed by atoms with E-state index < -0.39 is 5.97 Å². The summed E-state index contributed by atoms with van der Waals surface area (Å²) in [5.74, 6) is 0.471. The van der Waals surface area contributed by atoms with E-state index in [1.165, 1.54) is 6.08 Å². The first-order valence-corrected chi connectivity index (χ1v) is 10.5. The molecule has 0 saturated heterocycles. The van der Waals surface area contributed by atoms with E-state index in [9.17, 15) is 9.59 Å². The topological polar surface area (TPSA) is 126 Å². The summed E-state index contributed by atoms with van der Waals surface area (Å²) in [6.45, 7) is -0.0786. The Balaban J connectivity index is 1.54. The van der Waals surface area contributed by atoms with Gasteiger partial charge in [0.15, 0.2) is 0 Å². The molecule has 0 unspecified atom stereocenters. The van der Waals surface area contributed by atoms with Gasteiger partial charge in [0, 0.05) is 17.3 Å². The number of ether oxygens (including phenoxy) is 3. The predicted molar refractivity (Wildman–Crippen MR) is 133 cm³/mol. The maximum atomic E-state index is 12.1. The van der Waals surface area contributed by atoms with Gasteiger partial charge in [0.05, 0.1) is 32.0 Å². The van der Waals surface area contributed by atoms with Gasteiger partial charge in [-0.05, 0) is 53.6 Å². The Morgan fingerprint density at radius 2 is 1.65 bits per heavy atom. The molecule has 0 aliphatic rings. The number of nitrogen functional groups attached to an aromatic ring is 2. The van der Waals surface area contributed by atoms with Gasteiger partial charge in [0.2, 0.25) is 5.91 Å². The largest absolute Gasteiger partial charge is 0.497 e. The number of rotatable bonds is 9. The number of nitrogens with one attached hydrogen (secondary N) is 1. The molecule has 0 atom stereocenters. The van der Waals surface area contributed by atoms with E-state index in [1.807, 2.05) is 42.5 Å². The summed E-state index contributed by atoms with van der Waals surface area (Å²) in [6, 6.07) is 18.2. The minimum Gasteiger partial charge on any atom is -0.497 e. The minimum atomic E-state index is -0.572. The molecule has 0 radical (unpaired) electrons. The van der Waals surface area contributed by atoms with Crippen molar-refractivity contribution in [1.82, 2.24) is 0 Å². The van der Waals surface area contributed by atoms with Gasteiger partial charge in [-0.1, -0.05) is 24.3 Å². The fourth-order valence-electron chi connectivity index (χ4n) is 3.16. The van der Waals surface area contributed by atoms with Gasteiger partial charge in [0.1, 0.15) is 18.1 Å². The number of benzene rings is 3. The number of carbonyl (C=O) groups excluding carboxylic acids is 2. The molecule has 34 heavy (non-hydrogen) atoms. The van der Waals surface area contributed by atoms with Gasteiger partial charge >= 0.3 is 5.97 Å². The average Bonchev–Trinajstić information content (AvgIpc) is 2.85. The molecule has 176 valence electrons. The van der Waals surface area contributed by atoms with Crippen LogP contribution in [0, 0.1) is 0 Å². The summed E-state index contributed by atoms with van der Waals surface area (Å²) in [6.07, 6.45) is 2.87. The normalized spacial score (nSPS) is 10.6. The van der Waals surface area contributed by atoms with Crippen molar-refractivity contribution < 1.29 is 23.8 Å². The highest BCUT2D eigenvalue weighted by molar-refractivity contribution is 5.95. The zero-order valence-electron chi connectivity index (χ0n) is 19.0. The Hall–Kier alpha value is -4.46. The molecular weight excluding hydrogens is 434 g/mol. The molecule has 0 fully saturated rings. The van der Waals surface area contributed by atoms with Crippen molar-refractivity contribution in [1.29, 1.82) is 0 Å². The van der Waals surface area contributed by atoms with Crippen LogP contribution in [-0.2, 0) is 14.3 Å². The van der Waals surface area contributed by atoms with E-state index >= 15 is 0 Å². The zero-order valence-corrected chi connectivity index (χ0v) is 19.0. The highest BCUT2D eigenvalue weighted by Gasteiger charge is 2.08. The van der Waals surface area contributed by atoms with Crippen LogP contribution < -0.4 is 26.3 Å². The van der Waals surface area contributed by atoms with Crippen LogP contribution in [0.2, 0.25) is 0 Å². The zero-order chi connectivity index (χ0) is 24.5. The van der Waals surface area contributed by atoms with Crippen LogP contribution >= 0.6 is 0 Å². The number of hydrogen-bond donors (Lipinski definition) is 3. The lowest BCUT2D eigenvalue weighted by Crippen LogP contribution is -2.16. The van der Waals surface area contributed by atoms with Crippen LogP contribution in [0.1, 0.15) is 12.0 Å². The van der Waals surface area contributed by atoms with Gasteiger partial charge in [-0.3, -0.25) is 4.79 Å². The fraction of sp³-hybridized carbons (Fsp3) is 0.154. The van der Waals surface area contributed by atoms with E-state index in [1.54, 1.807) is 38.5 Å². The third-order valence-corrected chi connectivity index (χ3v) is 4.98. The van der Waals surface area contributed by atoms with Crippen molar-refractivity contribution in [2.45, 2.75) is 6.42 Å². The minimum absolute atomic E-state index is 0.0201. The van der Waals surface area contributed by atoms with Crippen LogP contribution in [0.5, 0.6) is 11.5 Å². The van der Waals surface area contributed by atoms with Crippen molar-refractivity contribution in [3.8, 4) is 22.6 Å². The molecule has 8 heteroatoms. The number of carbonyl (C=O) groups is 2. The molecule has 1 amide bonds. The lowest BCUT2D eigenvalue weighted by atomic mass is 10.0. The number of anilines is 3. The van der Waals surface area contributed by atoms with E-state index in [0.717, 1.165) is 16.9 Å². The number of nitrogens with two attached hydrogens (primary N) is 2. The van der Waals surface area contributed by atoms with Gasteiger partial charge < -0.3 is 31.0 Å². The highest BCUT2D eigenvalue weighted by atomic mass is 16.5. The Morgan fingerprint density at radius 3 is 2.35 bits per heavy atom. The summed E-state index contributed by atoms with van der Waals surface area (Å²) in [4.78, 5) is 24.1. The van der Waals surface area contributed by atoms with Gasteiger partial charge in [-0.2, -0.15) is 0 Å². The average molecular weight is 462 g/mol. The molecule has 0 heterocycles. The number of hydrogen-bond acceptors (Lipinski definition) is 7. The maximum Gasteiger partial charge on any atom is 0.330 e. The summed E-state index contributed by atoms with van der Waals surface area (Å²) in [5.41, 5.74) is 15.5. The summed E-state index contributed by atoms with van der Waals surface area (Å²) in [5, 5.41) is 2.65. The van der Waals surface area contributed by atoms with E-state index in [4.69, 9.17) is 25.7 Å². The highest BCUT2D eigenvalue weighted by Crippen LogP contribution is 2.29. The van der Waals surface area contributed by atoms with Crippen molar-refractivity contribution in [2.75, 3.05) is 37.6 Å². The molecule has 3 aromatic rings. The van der Waals surface area contributed by atoms with Crippen molar-refractivity contribution in [3.63, 3.8) is 0 Å². The molecule has 0 aliphatic heterocycles. The van der Waals surface area contributed by atoms with Crippen molar-refractivity contribution >= 4 is 35.0 Å². The standard InChI is InChI=1S/C26H27N3O5/c1-32-21-9-5-17(6-10-21)19-4-3-18(24(15-19)33-2)7-12-26(31)34-14-13-25(30)29-23-16-20(27)8-11-22(23)28/h3-12,15-16H,13-14,27-28H2,1-2H3,(H,29,30)/b12-7+. The first kappa shape index (κ1) is 24.2. The van der Waals surface area contributed by atoms with Crippen LogP contribution in [-0.4, -0.2) is 32.7 Å². The van der Waals surface area contributed by atoms with Crippen LogP contribution in [0.25, 0.3) is 17.2 Å². The summed E-state index contributed by atoms with van der Waals surface area (Å²) in [7, 11) is 3.19. The molecule has 8 nitrogen and oxygen atoms in total. The third kappa shape index (κ3) is 6.52. The smallest absolute Gasteiger partial charge is 0.330 e. The SMILES string of the molecule is COc1ccc(-c2ccc(/C=C/C(=O)OCCC(=O)Nc3cc(N)ccc3N)c(OC)c2)cc1. The molecule has 5 N–H and O–H groups in total. The second kappa shape index (κ2) is 11.4. The first-order valence-electron chi connectivity index (χ1n) is 10.5. The molecule has 3 aromatic carbocycles. The molecule has 0 aliphatic carbocycles. The Kier molecular flexibility index (Phi) is 8.12. The molecule has 3 rings (SSSR count). The van der Waals surface area contributed by atoms with Gasteiger partial charge in [-0.25, -0.2) is 4.79 Å². The van der Waals surface area contributed by atoms with E-state index in [2.05, 4.69) is 5.32 Å². The van der Waals surface area contributed by atoms with E-state index in [0.29, 0.717) is 28.4 Å². The Labute approximate surface area is 198 Å². The van der Waals surface area contributed by atoms with Crippen LogP contribution in [0.4, 0.5) is 17.1 Å². The molecule has 0 saturated carbocycles. The first-order chi connectivity index (χ1) is 16.4. The predicted octanol–water partition coefficient (Wildman–Crippen LogP) is 4.12. The lowest BCUT2D eigenvalue weighted by Gasteiger charge is -2.09. The molecular formula is C26H27N3O5. The van der Waals surface area contributed by atoms with Gasteiger partial charge in [0.25, 0.3) is 0 Å². The van der Waals surface area contributed by atoms with Gasteiger partial charge in [-0.15, -0.1) is 0 Å². The maximum absolute atomic E-state index is 12.1. The Morgan fingerprint density at radius 1 is 0.912 bits per heavy atom. The second-order valence-corrected chi connectivity index (χ2v) is 7.33. The van der Waals surface area contributed by atoms with Crippen molar-refractivity contribution in [2.24, 2.45) is 0 Å². The molecule has 0 bridgehead atoms. The second-order valence-electron chi connectivity index (χ2n) is 7.33. The number of esters is 1. The van der Waals surface area contributed by atoms with Crippen LogP contribution in [0.3, 0.4) is 0 Å². The third-order valence-electron chi connectivity index (χ3n) is 4.98. The fourth-order valence-corrected chi connectivity index (χ4v) is 3.16. The van der Waals surface area contributed by atoms with E-state index in [-0.39, 0.29) is 18.9 Å². The summed E-state index contributed by atoms with van der Waals surface area (Å²) >= 11 is 0. The lowest BCUT2D eigenvalue weighted by molar-refractivity contribution is -0.138. The van der Waals surface area contributed by atoms with Crippen molar-refractivity contribution in [3.05, 3.63) is 72.3 Å². The quantitative estimate of drug-likeness (QED) is 0.249. The summed E-state index contributed by atoms with van der Waals surface area (Å²) < 4.78 is 15.8. The molecule has 0 aromatic heterocycles. The monoisotopic (exact) mass is 461 g/mol. The number of amides is 1.